The van der Waals surface area contributed by atoms with Gasteiger partial charge in [-0.2, -0.15) is 0 Å². The number of nitrogens with zero attached hydrogens (tertiary/aromatic N) is 1. The van der Waals surface area contributed by atoms with Gasteiger partial charge in [-0.1, -0.05) is 13.3 Å². The number of ether oxygens (including phenoxy) is 2. The maximum atomic E-state index is 5.58. The molecule has 1 aromatic rings. The highest BCUT2D eigenvalue weighted by Crippen LogP contribution is 2.34. The molecule has 1 unspecified atom stereocenters. The van der Waals surface area contributed by atoms with Gasteiger partial charge in [0, 0.05) is 24.2 Å². The fourth-order valence-corrected chi connectivity index (χ4v) is 4.74. The zero-order chi connectivity index (χ0) is 18.5. The van der Waals surface area contributed by atoms with E-state index in [-0.39, 0.29) is 0 Å². The largest absolute Gasteiger partial charge is 0.497 e. The summed E-state index contributed by atoms with van der Waals surface area (Å²) in [5.41, 5.74) is 0.856. The van der Waals surface area contributed by atoms with Gasteiger partial charge in [-0.15, -0.1) is 0 Å². The lowest BCUT2D eigenvalue weighted by molar-refractivity contribution is 0.0284. The molecule has 2 saturated heterocycles. The van der Waals surface area contributed by atoms with Gasteiger partial charge in [0.05, 0.1) is 19.9 Å². The minimum Gasteiger partial charge on any atom is -0.497 e. The molecule has 0 aromatic heterocycles. The van der Waals surface area contributed by atoms with E-state index in [1.807, 2.05) is 18.2 Å². The van der Waals surface area contributed by atoms with Gasteiger partial charge < -0.3 is 20.1 Å². The first kappa shape index (κ1) is 19.2. The molecule has 2 N–H and O–H groups in total. The summed E-state index contributed by atoms with van der Waals surface area (Å²) in [5, 5.41) is 7.50. The van der Waals surface area contributed by atoms with E-state index in [1.165, 1.54) is 45.1 Å². The van der Waals surface area contributed by atoms with Crippen LogP contribution in [-0.2, 0) is 0 Å². The number of piperidine rings is 2. The number of rotatable bonds is 6. The van der Waals surface area contributed by atoms with Gasteiger partial charge in [0.25, 0.3) is 0 Å². The molecule has 2 fully saturated rings. The third-order valence-corrected chi connectivity index (χ3v) is 5.82. The minimum atomic E-state index is 0.447. The average molecular weight is 378 g/mol. The molecular weight excluding hydrogens is 346 g/mol. The summed E-state index contributed by atoms with van der Waals surface area (Å²) < 4.78 is 10.7. The van der Waals surface area contributed by atoms with Crippen molar-refractivity contribution in [3.8, 4) is 11.5 Å². The van der Waals surface area contributed by atoms with Crippen LogP contribution < -0.4 is 20.1 Å². The van der Waals surface area contributed by atoms with E-state index in [2.05, 4.69) is 22.5 Å². The van der Waals surface area contributed by atoms with E-state index in [9.17, 15) is 0 Å². The first-order valence-corrected chi connectivity index (χ1v) is 10.1. The number of nitrogens with one attached hydrogen (secondary N) is 2. The maximum absolute atomic E-state index is 5.58. The molecule has 0 saturated carbocycles. The number of fused-ring (bicyclic) bond motifs is 2. The highest BCUT2D eigenvalue weighted by molar-refractivity contribution is 7.80. The van der Waals surface area contributed by atoms with Crippen LogP contribution >= 0.6 is 12.2 Å². The topological polar surface area (TPSA) is 45.8 Å². The molecule has 26 heavy (non-hydrogen) atoms. The Morgan fingerprint density at radius 2 is 1.92 bits per heavy atom. The van der Waals surface area contributed by atoms with Gasteiger partial charge in [-0.25, -0.2) is 0 Å². The van der Waals surface area contributed by atoms with E-state index < -0.39 is 0 Å². The second kappa shape index (κ2) is 8.91. The maximum Gasteiger partial charge on any atom is 0.171 e. The molecule has 2 aliphatic heterocycles. The summed E-state index contributed by atoms with van der Waals surface area (Å²) in [4.78, 5) is 2.74. The molecule has 0 radical (unpaired) electrons. The number of methoxy groups -OCH3 is 2. The van der Waals surface area contributed by atoms with Crippen LogP contribution in [0.25, 0.3) is 0 Å². The first-order valence-electron chi connectivity index (χ1n) is 9.69. The van der Waals surface area contributed by atoms with Crippen molar-refractivity contribution < 1.29 is 9.47 Å². The monoisotopic (exact) mass is 377 g/mol. The molecule has 6 heteroatoms. The second-order valence-electron chi connectivity index (χ2n) is 7.31. The zero-order valence-corrected chi connectivity index (χ0v) is 16.9. The molecule has 3 rings (SSSR count). The lowest BCUT2D eigenvalue weighted by atomic mass is 9.81. The molecule has 1 aromatic carbocycles. The Bertz CT molecular complexity index is 611. The van der Waals surface area contributed by atoms with Gasteiger partial charge in [0.2, 0.25) is 0 Å². The van der Waals surface area contributed by atoms with Crippen molar-refractivity contribution in [3.63, 3.8) is 0 Å². The van der Waals surface area contributed by atoms with Gasteiger partial charge in [0.15, 0.2) is 5.11 Å². The lowest BCUT2D eigenvalue weighted by Crippen LogP contribution is -2.57. The Hall–Kier alpha value is -1.53. The normalized spacial score (nSPS) is 25.4. The van der Waals surface area contributed by atoms with Crippen LogP contribution in [0.5, 0.6) is 11.5 Å². The van der Waals surface area contributed by atoms with Gasteiger partial charge in [-0.05, 0) is 63.0 Å². The molecule has 0 amide bonds. The molecule has 3 atom stereocenters. The van der Waals surface area contributed by atoms with Crippen molar-refractivity contribution in [1.82, 2.24) is 10.2 Å². The Morgan fingerprint density at radius 1 is 1.19 bits per heavy atom. The quantitative estimate of drug-likeness (QED) is 0.736. The zero-order valence-electron chi connectivity index (χ0n) is 16.1. The predicted octanol–water partition coefficient (Wildman–Crippen LogP) is 3.79. The predicted molar refractivity (Wildman–Crippen MR) is 110 cm³/mol. The van der Waals surface area contributed by atoms with Crippen molar-refractivity contribution in [2.45, 2.75) is 63.6 Å². The van der Waals surface area contributed by atoms with Crippen LogP contribution in [0.4, 0.5) is 5.69 Å². The van der Waals surface area contributed by atoms with E-state index in [1.54, 1.807) is 14.2 Å². The van der Waals surface area contributed by atoms with Crippen LogP contribution in [0.3, 0.4) is 0 Å². The summed E-state index contributed by atoms with van der Waals surface area (Å²) in [6, 6.07) is 7.56. The molecule has 0 spiro atoms. The minimum absolute atomic E-state index is 0.447. The SMILES string of the molecule is CCCN1[C@@H]2CCC[C@H]1CC(NC(=S)Nc1ccc(OC)cc1OC)C2. The Balaban J connectivity index is 1.59. The van der Waals surface area contributed by atoms with Crippen LogP contribution in [0.15, 0.2) is 18.2 Å². The van der Waals surface area contributed by atoms with Crippen molar-refractivity contribution in [2.24, 2.45) is 0 Å². The molecule has 5 nitrogen and oxygen atoms in total. The number of hydrogen-bond acceptors (Lipinski definition) is 4. The van der Waals surface area contributed by atoms with Crippen molar-refractivity contribution in [1.29, 1.82) is 0 Å². The van der Waals surface area contributed by atoms with Crippen molar-refractivity contribution in [2.75, 3.05) is 26.1 Å². The molecule has 0 aliphatic carbocycles. The van der Waals surface area contributed by atoms with E-state index in [4.69, 9.17) is 21.7 Å². The average Bonchev–Trinajstić information content (AvgIpc) is 2.62. The third kappa shape index (κ3) is 4.41. The Morgan fingerprint density at radius 3 is 2.54 bits per heavy atom. The van der Waals surface area contributed by atoms with Crippen molar-refractivity contribution >= 4 is 23.0 Å². The molecule has 2 bridgehead atoms. The number of benzene rings is 1. The third-order valence-electron chi connectivity index (χ3n) is 5.60. The second-order valence-corrected chi connectivity index (χ2v) is 7.72. The molecule has 2 aliphatic rings. The van der Waals surface area contributed by atoms with Crippen LogP contribution in [0.2, 0.25) is 0 Å². The summed E-state index contributed by atoms with van der Waals surface area (Å²) in [6.07, 6.45) is 7.61. The standard InChI is InChI=1S/C20H31N3O2S/c1-4-10-23-15-6-5-7-16(23)12-14(11-15)21-20(26)22-18-9-8-17(24-2)13-19(18)25-3/h8-9,13-16H,4-7,10-12H2,1-3H3,(H2,21,22,26)/t14?,15-,16+. The summed E-state index contributed by atoms with van der Waals surface area (Å²) in [5.74, 6) is 1.49. The summed E-state index contributed by atoms with van der Waals surface area (Å²) >= 11 is 5.58. The van der Waals surface area contributed by atoms with Gasteiger partial charge in [-0.3, -0.25) is 4.90 Å². The van der Waals surface area contributed by atoms with Gasteiger partial charge >= 0.3 is 0 Å². The smallest absolute Gasteiger partial charge is 0.171 e. The van der Waals surface area contributed by atoms with Crippen LogP contribution in [0, 0.1) is 0 Å². The van der Waals surface area contributed by atoms with Crippen LogP contribution in [0.1, 0.15) is 45.4 Å². The van der Waals surface area contributed by atoms with Crippen LogP contribution in [-0.4, -0.2) is 48.9 Å². The lowest BCUT2D eigenvalue weighted by Gasteiger charge is -2.49. The molecule has 144 valence electrons. The molecular formula is C20H31N3O2S. The number of thiocarbonyl (C=S) groups is 1. The Kier molecular flexibility index (Phi) is 6.59. The van der Waals surface area contributed by atoms with Gasteiger partial charge in [0.1, 0.15) is 11.5 Å². The van der Waals surface area contributed by atoms with E-state index >= 15 is 0 Å². The highest BCUT2D eigenvalue weighted by Gasteiger charge is 2.37. The number of hydrogen-bond donors (Lipinski definition) is 2. The van der Waals surface area contributed by atoms with Crippen molar-refractivity contribution in [3.05, 3.63) is 18.2 Å². The fraction of sp³-hybridized carbons (Fsp3) is 0.650. The van der Waals surface area contributed by atoms with E-state index in [0.29, 0.717) is 23.2 Å². The Labute approximate surface area is 162 Å². The number of anilines is 1. The fourth-order valence-electron chi connectivity index (χ4n) is 4.47. The van der Waals surface area contributed by atoms with E-state index in [0.717, 1.165) is 17.2 Å². The summed E-state index contributed by atoms with van der Waals surface area (Å²) in [6.45, 7) is 3.51. The first-order chi connectivity index (χ1) is 12.6. The highest BCUT2D eigenvalue weighted by atomic mass is 32.1. The summed E-state index contributed by atoms with van der Waals surface area (Å²) in [7, 11) is 3.30. The molecule has 2 heterocycles.